The molecule has 26 heavy (non-hydrogen) atoms. The molecule has 0 unspecified atom stereocenters. The molecule has 0 saturated carbocycles. The SMILES string of the molecule is CC(C)(C)[P@@]1Cc2ccccc2[C@@H]1[C@H]1c2ccccc2C[P@]1C(C)(C)C. The van der Waals surface area contributed by atoms with Gasteiger partial charge in [0.05, 0.1) is 0 Å². The molecule has 2 aliphatic rings. The molecular formula is C24H32P2. The molecule has 0 nitrogen and oxygen atoms in total. The van der Waals surface area contributed by atoms with Gasteiger partial charge in [0, 0.05) is 11.3 Å². The zero-order valence-corrected chi connectivity index (χ0v) is 18.9. The summed E-state index contributed by atoms with van der Waals surface area (Å²) in [5.74, 6) is 0. The van der Waals surface area contributed by atoms with Gasteiger partial charge in [-0.1, -0.05) is 106 Å². The fourth-order valence-electron chi connectivity index (χ4n) is 4.82. The van der Waals surface area contributed by atoms with Crippen molar-refractivity contribution in [2.75, 3.05) is 0 Å². The Labute approximate surface area is 162 Å². The molecule has 0 saturated heterocycles. The minimum absolute atomic E-state index is 0.0695. The van der Waals surface area contributed by atoms with Crippen molar-refractivity contribution in [2.24, 2.45) is 0 Å². The third-order valence-electron chi connectivity index (χ3n) is 6.12. The smallest absolute Gasteiger partial charge is 0.0161 e. The van der Waals surface area contributed by atoms with Crippen LogP contribution in [0.25, 0.3) is 0 Å². The molecule has 2 heterocycles. The Morgan fingerprint density at radius 3 is 1.31 bits per heavy atom. The van der Waals surface area contributed by atoms with Crippen molar-refractivity contribution in [1.82, 2.24) is 0 Å². The lowest BCUT2D eigenvalue weighted by molar-refractivity contribution is 0.736. The molecule has 2 aromatic carbocycles. The van der Waals surface area contributed by atoms with Gasteiger partial charge in [-0.3, -0.25) is 0 Å². The van der Waals surface area contributed by atoms with Gasteiger partial charge in [-0.15, -0.1) is 0 Å². The first-order chi connectivity index (χ1) is 12.2. The summed E-state index contributed by atoms with van der Waals surface area (Å²) in [6, 6.07) is 18.7. The predicted molar refractivity (Wildman–Crippen MR) is 119 cm³/mol. The normalized spacial score (nSPS) is 28.1. The van der Waals surface area contributed by atoms with Gasteiger partial charge in [0.25, 0.3) is 0 Å². The van der Waals surface area contributed by atoms with Crippen LogP contribution in [0.3, 0.4) is 0 Å². The maximum atomic E-state index is 2.48. The third-order valence-corrected chi connectivity index (χ3v) is 13.7. The average Bonchev–Trinajstić information content (AvgIpc) is 3.12. The first-order valence-corrected chi connectivity index (χ1v) is 13.1. The van der Waals surface area contributed by atoms with Crippen molar-refractivity contribution in [2.45, 2.75) is 75.5 Å². The monoisotopic (exact) mass is 382 g/mol. The minimum atomic E-state index is -0.0695. The molecule has 4 atom stereocenters. The lowest BCUT2D eigenvalue weighted by atomic mass is 9.98. The van der Waals surface area contributed by atoms with Crippen LogP contribution < -0.4 is 0 Å². The summed E-state index contributed by atoms with van der Waals surface area (Å²) in [6.07, 6.45) is 2.62. The van der Waals surface area contributed by atoms with Gasteiger partial charge in [-0.2, -0.15) is 0 Å². The highest BCUT2D eigenvalue weighted by atomic mass is 31.1. The lowest BCUT2D eigenvalue weighted by Crippen LogP contribution is -2.20. The van der Waals surface area contributed by atoms with E-state index in [1.165, 1.54) is 12.3 Å². The van der Waals surface area contributed by atoms with E-state index in [1.54, 1.807) is 22.3 Å². The van der Waals surface area contributed by atoms with Crippen LogP contribution in [-0.4, -0.2) is 10.3 Å². The highest BCUT2D eigenvalue weighted by Gasteiger charge is 2.50. The second kappa shape index (κ2) is 6.43. The summed E-state index contributed by atoms with van der Waals surface area (Å²) in [4.78, 5) is 0. The molecule has 0 amide bonds. The molecule has 0 radical (unpaired) electrons. The summed E-state index contributed by atoms with van der Waals surface area (Å²) in [5, 5.41) is 0.797. The summed E-state index contributed by atoms with van der Waals surface area (Å²) < 4.78 is 0. The third kappa shape index (κ3) is 3.08. The Morgan fingerprint density at radius 1 is 0.615 bits per heavy atom. The van der Waals surface area contributed by atoms with Crippen LogP contribution in [0.5, 0.6) is 0 Å². The van der Waals surface area contributed by atoms with E-state index in [2.05, 4.69) is 90.1 Å². The Kier molecular flexibility index (Phi) is 4.61. The van der Waals surface area contributed by atoms with Crippen molar-refractivity contribution >= 4 is 15.8 Å². The molecule has 138 valence electrons. The largest absolute Gasteiger partial charge is 0.0880 e. The summed E-state index contributed by atoms with van der Waals surface area (Å²) >= 11 is 0. The Bertz CT molecular complexity index is 740. The standard InChI is InChI=1S/C24H32P2/c1-23(2,3)25-15-17-11-7-9-13-19(17)21(25)22-20-14-10-8-12-18(20)16-26(22)24(4,5)6/h7-14,21-22H,15-16H2,1-6H3/t21-,22-,25+,26+/m1/s1. The van der Waals surface area contributed by atoms with Crippen LogP contribution in [-0.2, 0) is 12.3 Å². The van der Waals surface area contributed by atoms with Crippen LogP contribution in [0, 0.1) is 0 Å². The Balaban J connectivity index is 1.89. The van der Waals surface area contributed by atoms with Gasteiger partial charge < -0.3 is 0 Å². The van der Waals surface area contributed by atoms with Crippen molar-refractivity contribution < 1.29 is 0 Å². The van der Waals surface area contributed by atoms with E-state index in [-0.39, 0.29) is 15.8 Å². The van der Waals surface area contributed by atoms with Gasteiger partial charge in [0.15, 0.2) is 0 Å². The maximum Gasteiger partial charge on any atom is 0.0161 e. The summed E-state index contributed by atoms with van der Waals surface area (Å²) in [5.41, 5.74) is 8.07. The van der Waals surface area contributed by atoms with Gasteiger partial charge in [0.1, 0.15) is 0 Å². The molecular weight excluding hydrogens is 350 g/mol. The van der Waals surface area contributed by atoms with E-state index < -0.39 is 0 Å². The number of hydrogen-bond acceptors (Lipinski definition) is 0. The first kappa shape index (κ1) is 18.7. The fourth-order valence-corrected chi connectivity index (χ4v) is 12.3. The summed E-state index contributed by atoms with van der Waals surface area (Å²) in [7, 11) is -0.139. The molecule has 0 aliphatic carbocycles. The van der Waals surface area contributed by atoms with Crippen molar-refractivity contribution in [3.05, 3.63) is 70.8 Å². The second-order valence-electron chi connectivity index (χ2n) is 9.88. The summed E-state index contributed by atoms with van der Waals surface area (Å²) in [6.45, 7) is 14.9. The van der Waals surface area contributed by atoms with Gasteiger partial charge in [-0.25, -0.2) is 0 Å². The predicted octanol–water partition coefficient (Wildman–Crippen LogP) is 8.06. The minimum Gasteiger partial charge on any atom is -0.0880 e. The van der Waals surface area contributed by atoms with Gasteiger partial charge >= 0.3 is 0 Å². The molecule has 0 N–H and O–H groups in total. The Hall–Kier alpha value is -0.700. The molecule has 0 aromatic heterocycles. The van der Waals surface area contributed by atoms with Crippen molar-refractivity contribution in [3.63, 3.8) is 0 Å². The van der Waals surface area contributed by atoms with Gasteiger partial charge in [0.2, 0.25) is 0 Å². The maximum absolute atomic E-state index is 2.48. The van der Waals surface area contributed by atoms with E-state index in [0.717, 1.165) is 11.3 Å². The highest BCUT2D eigenvalue weighted by molar-refractivity contribution is 7.63. The average molecular weight is 382 g/mol. The molecule has 0 fully saturated rings. The topological polar surface area (TPSA) is 0 Å². The Morgan fingerprint density at radius 2 is 0.962 bits per heavy atom. The molecule has 2 aromatic rings. The fraction of sp³-hybridized carbons (Fsp3) is 0.500. The van der Waals surface area contributed by atoms with Crippen LogP contribution >= 0.6 is 15.8 Å². The van der Waals surface area contributed by atoms with E-state index >= 15 is 0 Å². The zero-order valence-electron chi connectivity index (χ0n) is 17.1. The molecule has 2 aliphatic heterocycles. The van der Waals surface area contributed by atoms with E-state index in [9.17, 15) is 0 Å². The lowest BCUT2D eigenvalue weighted by Gasteiger charge is -2.42. The number of benzene rings is 2. The van der Waals surface area contributed by atoms with Crippen LogP contribution in [0.1, 0.15) is 75.1 Å². The molecule has 2 heteroatoms. The molecule has 0 bridgehead atoms. The van der Waals surface area contributed by atoms with Crippen LogP contribution in [0.15, 0.2) is 48.5 Å². The van der Waals surface area contributed by atoms with E-state index in [0.29, 0.717) is 10.3 Å². The van der Waals surface area contributed by atoms with Crippen LogP contribution in [0.2, 0.25) is 0 Å². The molecule has 4 rings (SSSR count). The number of fused-ring (bicyclic) bond motifs is 2. The number of hydrogen-bond donors (Lipinski definition) is 0. The second-order valence-corrected chi connectivity index (χ2v) is 16.2. The van der Waals surface area contributed by atoms with Crippen molar-refractivity contribution in [1.29, 1.82) is 0 Å². The van der Waals surface area contributed by atoms with E-state index in [4.69, 9.17) is 0 Å². The van der Waals surface area contributed by atoms with E-state index in [1.807, 2.05) is 0 Å². The van der Waals surface area contributed by atoms with Crippen molar-refractivity contribution in [3.8, 4) is 0 Å². The van der Waals surface area contributed by atoms with Gasteiger partial charge in [-0.05, 0) is 44.9 Å². The molecule has 0 spiro atoms. The number of rotatable bonds is 1. The zero-order chi connectivity index (χ0) is 18.7. The first-order valence-electron chi connectivity index (χ1n) is 9.87. The van der Waals surface area contributed by atoms with Crippen LogP contribution in [0.4, 0.5) is 0 Å². The quantitative estimate of drug-likeness (QED) is 0.438. The highest BCUT2D eigenvalue weighted by Crippen LogP contribution is 2.80.